The average molecular weight is 506 g/mol. The van der Waals surface area contributed by atoms with Crippen LogP contribution < -0.4 is 4.74 Å². The van der Waals surface area contributed by atoms with Crippen LogP contribution in [-0.2, 0) is 4.79 Å². The molecule has 192 valence electrons. The number of rotatable bonds is 5. The summed E-state index contributed by atoms with van der Waals surface area (Å²) in [5.74, 6) is -0.661. The number of ether oxygens (including phenoxy) is 1. The molecule has 1 amide bonds. The molecule has 3 aromatic rings. The van der Waals surface area contributed by atoms with Crippen LogP contribution >= 0.6 is 0 Å². The summed E-state index contributed by atoms with van der Waals surface area (Å²) in [6, 6.07) is 11.5. The van der Waals surface area contributed by atoms with Crippen molar-refractivity contribution in [2.45, 2.75) is 51.8 Å². The third kappa shape index (κ3) is 6.61. The van der Waals surface area contributed by atoms with Crippen LogP contribution in [0.15, 0.2) is 53.1 Å². The lowest BCUT2D eigenvalue weighted by molar-refractivity contribution is -0.274. The highest BCUT2D eigenvalue weighted by Crippen LogP contribution is 2.37. The second-order valence-electron chi connectivity index (χ2n) is 10.2. The van der Waals surface area contributed by atoms with Crippen molar-refractivity contribution in [2.24, 2.45) is 5.41 Å². The van der Waals surface area contributed by atoms with Gasteiger partial charge in [-0.3, -0.25) is 4.79 Å². The first kappa shape index (κ1) is 25.7. The molecule has 0 aliphatic carbocycles. The lowest BCUT2D eigenvalue weighted by Gasteiger charge is -2.38. The Labute approximate surface area is 206 Å². The number of likely N-dealkylation sites (tertiary alicyclic amines) is 1. The van der Waals surface area contributed by atoms with Gasteiger partial charge in [-0.05, 0) is 41.7 Å². The average Bonchev–Trinajstić information content (AvgIpc) is 3.28. The molecule has 1 aliphatic heterocycles. The Morgan fingerprint density at radius 2 is 1.78 bits per heavy atom. The molecule has 1 aliphatic rings. The Bertz CT molecular complexity index is 1200. The number of carbonyl (C=O) groups excluding carboxylic acids is 1. The number of nitrogens with zero attached hydrogens (tertiary/aromatic N) is 3. The summed E-state index contributed by atoms with van der Waals surface area (Å²) in [6.45, 7) is 6.71. The van der Waals surface area contributed by atoms with Gasteiger partial charge in [0.25, 0.3) is 0 Å². The lowest BCUT2D eigenvalue weighted by atomic mass is 9.83. The van der Waals surface area contributed by atoms with Gasteiger partial charge in [-0.25, -0.2) is 4.39 Å². The van der Waals surface area contributed by atoms with Gasteiger partial charge in [-0.15, -0.1) is 13.2 Å². The fourth-order valence-electron chi connectivity index (χ4n) is 4.38. The van der Waals surface area contributed by atoms with Gasteiger partial charge in [-0.1, -0.05) is 50.2 Å². The van der Waals surface area contributed by atoms with Gasteiger partial charge < -0.3 is 14.2 Å². The largest absolute Gasteiger partial charge is 0.573 e. The van der Waals surface area contributed by atoms with Gasteiger partial charge in [-0.2, -0.15) is 4.98 Å². The SMILES string of the molecule is CC(C)(C)CC(=O)N1CC(c2ccc(OC(F)(F)F)cc2)CC(c2nc(-c3cccc(F)c3)no2)C1. The maximum atomic E-state index is 13.6. The second-order valence-corrected chi connectivity index (χ2v) is 10.2. The van der Waals surface area contributed by atoms with Crippen molar-refractivity contribution in [1.82, 2.24) is 15.0 Å². The Balaban J connectivity index is 1.59. The molecular formula is C26H27F4N3O3. The van der Waals surface area contributed by atoms with Gasteiger partial charge in [0, 0.05) is 31.0 Å². The van der Waals surface area contributed by atoms with E-state index in [0.717, 1.165) is 5.56 Å². The van der Waals surface area contributed by atoms with E-state index < -0.39 is 12.2 Å². The van der Waals surface area contributed by atoms with E-state index in [1.54, 1.807) is 29.2 Å². The highest BCUT2D eigenvalue weighted by molar-refractivity contribution is 5.77. The van der Waals surface area contributed by atoms with E-state index in [0.29, 0.717) is 37.4 Å². The Hall–Kier alpha value is -3.43. The van der Waals surface area contributed by atoms with Crippen molar-refractivity contribution in [3.8, 4) is 17.1 Å². The highest BCUT2D eigenvalue weighted by atomic mass is 19.4. The molecule has 2 aromatic carbocycles. The minimum absolute atomic E-state index is 0.0286. The minimum atomic E-state index is -4.77. The molecule has 4 rings (SSSR count). The van der Waals surface area contributed by atoms with Crippen molar-refractivity contribution < 1.29 is 31.6 Å². The second kappa shape index (κ2) is 9.91. The number of alkyl halides is 3. The maximum Gasteiger partial charge on any atom is 0.573 e. The number of hydrogen-bond donors (Lipinski definition) is 0. The van der Waals surface area contributed by atoms with Crippen molar-refractivity contribution in [3.63, 3.8) is 0 Å². The number of benzene rings is 2. The molecule has 0 bridgehead atoms. The Morgan fingerprint density at radius 1 is 1.08 bits per heavy atom. The van der Waals surface area contributed by atoms with E-state index in [1.165, 1.54) is 24.3 Å². The quantitative estimate of drug-likeness (QED) is 0.380. The zero-order valence-electron chi connectivity index (χ0n) is 20.2. The van der Waals surface area contributed by atoms with E-state index in [2.05, 4.69) is 14.9 Å². The first-order valence-electron chi connectivity index (χ1n) is 11.6. The topological polar surface area (TPSA) is 68.5 Å². The fourth-order valence-corrected chi connectivity index (χ4v) is 4.38. The zero-order valence-corrected chi connectivity index (χ0v) is 20.2. The predicted octanol–water partition coefficient (Wildman–Crippen LogP) is 6.31. The van der Waals surface area contributed by atoms with Crippen molar-refractivity contribution >= 4 is 5.91 Å². The molecule has 6 nitrogen and oxygen atoms in total. The van der Waals surface area contributed by atoms with Crippen LogP contribution in [0.2, 0.25) is 0 Å². The van der Waals surface area contributed by atoms with Crippen molar-refractivity contribution in [3.05, 3.63) is 65.8 Å². The molecule has 2 unspecified atom stereocenters. The van der Waals surface area contributed by atoms with Gasteiger partial charge in [0.1, 0.15) is 11.6 Å². The Kier molecular flexibility index (Phi) is 7.06. The molecule has 0 radical (unpaired) electrons. The first-order chi connectivity index (χ1) is 16.9. The van der Waals surface area contributed by atoms with Crippen LogP contribution in [0.1, 0.15) is 56.9 Å². The third-order valence-electron chi connectivity index (χ3n) is 5.94. The molecule has 0 saturated carbocycles. The molecule has 2 atom stereocenters. The molecule has 2 heterocycles. The van der Waals surface area contributed by atoms with Gasteiger partial charge >= 0.3 is 6.36 Å². The summed E-state index contributed by atoms with van der Waals surface area (Å²) in [5, 5.41) is 4.00. The maximum absolute atomic E-state index is 13.6. The van der Waals surface area contributed by atoms with E-state index in [-0.39, 0.29) is 34.7 Å². The first-order valence-corrected chi connectivity index (χ1v) is 11.6. The van der Waals surface area contributed by atoms with Gasteiger partial charge in [0.2, 0.25) is 17.6 Å². The van der Waals surface area contributed by atoms with E-state index >= 15 is 0 Å². The smallest absolute Gasteiger partial charge is 0.406 e. The number of hydrogen-bond acceptors (Lipinski definition) is 5. The molecule has 0 spiro atoms. The number of carbonyl (C=O) groups is 1. The number of piperidine rings is 1. The predicted molar refractivity (Wildman–Crippen MR) is 124 cm³/mol. The molecule has 1 aromatic heterocycles. The van der Waals surface area contributed by atoms with Crippen molar-refractivity contribution in [1.29, 1.82) is 0 Å². The molecule has 1 fully saturated rings. The third-order valence-corrected chi connectivity index (χ3v) is 5.94. The number of amides is 1. The number of aromatic nitrogens is 2. The summed E-state index contributed by atoms with van der Waals surface area (Å²) < 4.78 is 60.8. The van der Waals surface area contributed by atoms with Crippen LogP contribution in [0.4, 0.5) is 17.6 Å². The minimum Gasteiger partial charge on any atom is -0.406 e. The Morgan fingerprint density at radius 3 is 2.42 bits per heavy atom. The van der Waals surface area contributed by atoms with Crippen LogP contribution in [0, 0.1) is 11.2 Å². The summed E-state index contributed by atoms with van der Waals surface area (Å²) >= 11 is 0. The summed E-state index contributed by atoms with van der Waals surface area (Å²) in [5.41, 5.74) is 1.02. The van der Waals surface area contributed by atoms with E-state index in [9.17, 15) is 22.4 Å². The van der Waals surface area contributed by atoms with E-state index in [4.69, 9.17) is 4.52 Å². The molecule has 1 saturated heterocycles. The molecular weight excluding hydrogens is 478 g/mol. The monoisotopic (exact) mass is 505 g/mol. The standard InChI is InChI=1S/C26H27F4N3O3/c1-25(2,3)13-22(34)33-14-18(16-7-9-21(10-8-16)35-26(28,29)30)11-19(15-33)24-31-23(32-36-24)17-5-4-6-20(27)12-17/h4-10,12,18-19H,11,13-15H2,1-3H3. The normalized spacial score (nSPS) is 18.8. The highest BCUT2D eigenvalue weighted by Gasteiger charge is 2.36. The molecule has 10 heteroatoms. The van der Waals surface area contributed by atoms with Crippen LogP contribution in [0.25, 0.3) is 11.4 Å². The van der Waals surface area contributed by atoms with Gasteiger partial charge in [0.15, 0.2) is 0 Å². The molecule has 0 N–H and O–H groups in total. The van der Waals surface area contributed by atoms with Gasteiger partial charge in [0.05, 0.1) is 5.92 Å². The summed E-state index contributed by atoms with van der Waals surface area (Å²) in [7, 11) is 0. The van der Waals surface area contributed by atoms with E-state index in [1.807, 2.05) is 20.8 Å². The summed E-state index contributed by atoms with van der Waals surface area (Å²) in [6.07, 6.45) is -3.89. The van der Waals surface area contributed by atoms with Crippen molar-refractivity contribution in [2.75, 3.05) is 13.1 Å². The molecule has 36 heavy (non-hydrogen) atoms. The number of halogens is 4. The van der Waals surface area contributed by atoms with Crippen LogP contribution in [-0.4, -0.2) is 40.4 Å². The fraction of sp³-hybridized carbons (Fsp3) is 0.423. The zero-order chi connectivity index (χ0) is 26.1. The lowest BCUT2D eigenvalue weighted by Crippen LogP contribution is -2.43. The van der Waals surface area contributed by atoms with Crippen LogP contribution in [0.5, 0.6) is 5.75 Å². The summed E-state index contributed by atoms with van der Waals surface area (Å²) in [4.78, 5) is 19.3. The van der Waals surface area contributed by atoms with Crippen LogP contribution in [0.3, 0.4) is 0 Å².